The van der Waals surface area contributed by atoms with Gasteiger partial charge in [-0.2, -0.15) is 0 Å². The third-order valence-corrected chi connectivity index (χ3v) is 3.87. The number of ether oxygens (including phenoxy) is 1. The molecule has 4 heteroatoms. The Morgan fingerprint density at radius 3 is 2.72 bits per heavy atom. The minimum absolute atomic E-state index is 0.554. The molecule has 0 radical (unpaired) electrons. The normalized spacial score (nSPS) is 17.7. The highest BCUT2D eigenvalue weighted by Gasteiger charge is 2.17. The molecule has 0 unspecified atom stereocenters. The summed E-state index contributed by atoms with van der Waals surface area (Å²) in [5, 5.41) is 4.22. The summed E-state index contributed by atoms with van der Waals surface area (Å²) in [5.41, 5.74) is 1.09. The molecule has 0 bridgehead atoms. The van der Waals surface area contributed by atoms with Crippen molar-refractivity contribution in [3.63, 3.8) is 0 Å². The van der Waals surface area contributed by atoms with Crippen molar-refractivity contribution in [3.8, 4) is 5.75 Å². The lowest BCUT2D eigenvalue weighted by Crippen LogP contribution is -2.38. The van der Waals surface area contributed by atoms with Crippen LogP contribution in [0.1, 0.15) is 19.8 Å². The highest BCUT2D eigenvalue weighted by atomic mass is 35.5. The number of nitrogens with zero attached hydrogens (tertiary/aromatic N) is 1. The van der Waals surface area contributed by atoms with Crippen LogP contribution in [0.2, 0.25) is 5.02 Å². The molecule has 0 atom stereocenters. The topological polar surface area (TPSA) is 24.5 Å². The molecule has 0 aromatic heterocycles. The third-order valence-electron chi connectivity index (χ3n) is 3.56. The Labute approximate surface area is 114 Å². The molecule has 3 nitrogen and oxygen atoms in total. The molecule has 2 rings (SSSR count). The van der Waals surface area contributed by atoms with Crippen LogP contribution in [0.4, 0.5) is 5.69 Å². The number of nitrogens with one attached hydrogen (secondary N) is 1. The zero-order valence-electron chi connectivity index (χ0n) is 11.1. The van der Waals surface area contributed by atoms with E-state index in [1.807, 2.05) is 18.2 Å². The van der Waals surface area contributed by atoms with Gasteiger partial charge in [0.2, 0.25) is 0 Å². The van der Waals surface area contributed by atoms with Gasteiger partial charge in [0.05, 0.1) is 12.1 Å². The number of hydrogen-bond acceptors (Lipinski definition) is 3. The van der Waals surface area contributed by atoms with E-state index in [1.54, 1.807) is 7.11 Å². The molecule has 1 aliphatic heterocycles. The summed E-state index contributed by atoms with van der Waals surface area (Å²) >= 11 is 6.02. The van der Waals surface area contributed by atoms with E-state index in [4.69, 9.17) is 16.3 Å². The summed E-state index contributed by atoms with van der Waals surface area (Å²) in [7, 11) is 1.64. The zero-order chi connectivity index (χ0) is 13.0. The number of hydrogen-bond donors (Lipinski definition) is 1. The van der Waals surface area contributed by atoms with Crippen LogP contribution < -0.4 is 10.1 Å². The van der Waals surface area contributed by atoms with Crippen molar-refractivity contribution in [2.45, 2.75) is 25.8 Å². The summed E-state index contributed by atoms with van der Waals surface area (Å²) < 4.78 is 5.23. The van der Waals surface area contributed by atoms with Gasteiger partial charge in [-0.15, -0.1) is 0 Å². The standard InChI is InChI=1S/C14H21ClN2O/c1-3-17-8-6-11(7-9-17)16-12-4-5-13(15)14(10-12)18-2/h4-5,10-11,16H,3,6-9H2,1-2H3. The average Bonchev–Trinajstić information content (AvgIpc) is 2.42. The maximum atomic E-state index is 6.02. The smallest absolute Gasteiger partial charge is 0.139 e. The molecule has 1 N–H and O–H groups in total. The van der Waals surface area contributed by atoms with Gasteiger partial charge in [-0.3, -0.25) is 0 Å². The van der Waals surface area contributed by atoms with Gasteiger partial charge >= 0.3 is 0 Å². The predicted octanol–water partition coefficient (Wildman–Crippen LogP) is 3.24. The van der Waals surface area contributed by atoms with Crippen LogP contribution in [0.25, 0.3) is 0 Å². The molecule has 0 aliphatic carbocycles. The number of benzene rings is 1. The molecule has 1 aromatic rings. The van der Waals surface area contributed by atoms with Crippen LogP contribution in [0.5, 0.6) is 5.75 Å². The third kappa shape index (κ3) is 3.30. The Morgan fingerprint density at radius 1 is 1.39 bits per heavy atom. The Kier molecular flexibility index (Phi) is 4.72. The van der Waals surface area contributed by atoms with Crippen molar-refractivity contribution in [2.75, 3.05) is 32.1 Å². The van der Waals surface area contributed by atoms with E-state index in [0.29, 0.717) is 11.1 Å². The highest BCUT2D eigenvalue weighted by molar-refractivity contribution is 6.32. The van der Waals surface area contributed by atoms with Gasteiger partial charge in [-0.25, -0.2) is 0 Å². The molecular formula is C14H21ClN2O. The Morgan fingerprint density at radius 2 is 2.11 bits per heavy atom. The van der Waals surface area contributed by atoms with Crippen LogP contribution in [-0.2, 0) is 0 Å². The minimum atomic E-state index is 0.554. The average molecular weight is 269 g/mol. The van der Waals surface area contributed by atoms with Gasteiger partial charge in [-0.1, -0.05) is 18.5 Å². The maximum absolute atomic E-state index is 6.02. The molecule has 1 heterocycles. The number of piperidine rings is 1. The van der Waals surface area contributed by atoms with Crippen molar-refractivity contribution in [1.82, 2.24) is 4.90 Å². The van der Waals surface area contributed by atoms with Crippen molar-refractivity contribution in [1.29, 1.82) is 0 Å². The second-order valence-electron chi connectivity index (χ2n) is 4.70. The molecular weight excluding hydrogens is 248 g/mol. The number of anilines is 1. The fraction of sp³-hybridized carbons (Fsp3) is 0.571. The zero-order valence-corrected chi connectivity index (χ0v) is 11.8. The van der Waals surface area contributed by atoms with Crippen LogP contribution in [0.15, 0.2) is 18.2 Å². The maximum Gasteiger partial charge on any atom is 0.139 e. The fourth-order valence-corrected chi connectivity index (χ4v) is 2.57. The number of methoxy groups -OCH3 is 1. The minimum Gasteiger partial charge on any atom is -0.495 e. The summed E-state index contributed by atoms with van der Waals surface area (Å²) in [6, 6.07) is 6.41. The monoisotopic (exact) mass is 268 g/mol. The van der Waals surface area contributed by atoms with Crippen LogP contribution in [0.3, 0.4) is 0 Å². The number of rotatable bonds is 4. The molecule has 1 aromatic carbocycles. The number of likely N-dealkylation sites (tertiary alicyclic amines) is 1. The summed E-state index contributed by atoms with van der Waals surface area (Å²) in [4.78, 5) is 2.49. The van der Waals surface area contributed by atoms with E-state index in [9.17, 15) is 0 Å². The van der Waals surface area contributed by atoms with Gasteiger partial charge in [0, 0.05) is 30.9 Å². The summed E-state index contributed by atoms with van der Waals surface area (Å²) in [6.45, 7) is 5.73. The molecule has 1 saturated heterocycles. The van der Waals surface area contributed by atoms with E-state index in [1.165, 1.54) is 25.9 Å². The second kappa shape index (κ2) is 6.30. The Bertz CT molecular complexity index is 389. The molecule has 0 amide bonds. The highest BCUT2D eigenvalue weighted by Crippen LogP contribution is 2.28. The predicted molar refractivity (Wildman–Crippen MR) is 76.8 cm³/mol. The Balaban J connectivity index is 1.94. The lowest BCUT2D eigenvalue weighted by molar-refractivity contribution is 0.229. The first-order chi connectivity index (χ1) is 8.72. The van der Waals surface area contributed by atoms with E-state index in [2.05, 4.69) is 17.1 Å². The van der Waals surface area contributed by atoms with E-state index < -0.39 is 0 Å². The summed E-state index contributed by atoms with van der Waals surface area (Å²) in [5.74, 6) is 0.729. The van der Waals surface area contributed by atoms with Gasteiger partial charge in [0.1, 0.15) is 5.75 Å². The molecule has 100 valence electrons. The number of halogens is 1. The molecule has 0 spiro atoms. The lowest BCUT2D eigenvalue weighted by atomic mass is 10.0. The van der Waals surface area contributed by atoms with Crippen molar-refractivity contribution in [2.24, 2.45) is 0 Å². The second-order valence-corrected chi connectivity index (χ2v) is 5.11. The van der Waals surface area contributed by atoms with Crippen LogP contribution in [-0.4, -0.2) is 37.7 Å². The lowest BCUT2D eigenvalue weighted by Gasteiger charge is -2.32. The van der Waals surface area contributed by atoms with Gasteiger partial charge in [-0.05, 0) is 31.5 Å². The molecule has 18 heavy (non-hydrogen) atoms. The first-order valence-electron chi connectivity index (χ1n) is 6.55. The van der Waals surface area contributed by atoms with Crippen molar-refractivity contribution < 1.29 is 4.74 Å². The quantitative estimate of drug-likeness (QED) is 0.907. The largest absolute Gasteiger partial charge is 0.495 e. The van der Waals surface area contributed by atoms with E-state index in [-0.39, 0.29) is 0 Å². The van der Waals surface area contributed by atoms with Gasteiger partial charge < -0.3 is 15.0 Å². The van der Waals surface area contributed by atoms with Crippen molar-refractivity contribution in [3.05, 3.63) is 23.2 Å². The molecule has 0 saturated carbocycles. The first kappa shape index (κ1) is 13.5. The molecule has 1 fully saturated rings. The van der Waals surface area contributed by atoms with Crippen molar-refractivity contribution >= 4 is 17.3 Å². The van der Waals surface area contributed by atoms with E-state index in [0.717, 1.165) is 18.0 Å². The SMILES string of the molecule is CCN1CCC(Nc2ccc(Cl)c(OC)c2)CC1. The van der Waals surface area contributed by atoms with Crippen LogP contribution >= 0.6 is 11.6 Å². The first-order valence-corrected chi connectivity index (χ1v) is 6.93. The van der Waals surface area contributed by atoms with E-state index >= 15 is 0 Å². The van der Waals surface area contributed by atoms with Crippen LogP contribution in [0, 0.1) is 0 Å². The Hall–Kier alpha value is -0.930. The van der Waals surface area contributed by atoms with Gasteiger partial charge in [0.25, 0.3) is 0 Å². The summed E-state index contributed by atoms with van der Waals surface area (Å²) in [6.07, 6.45) is 2.39. The molecule has 1 aliphatic rings. The van der Waals surface area contributed by atoms with Gasteiger partial charge in [0.15, 0.2) is 0 Å². The fourth-order valence-electron chi connectivity index (χ4n) is 2.38.